The second-order valence-corrected chi connectivity index (χ2v) is 7.83. The Morgan fingerprint density at radius 3 is 2.31 bits per heavy atom. The van der Waals surface area contributed by atoms with E-state index in [0.29, 0.717) is 12.0 Å². The molecule has 1 N–H and O–H groups in total. The molecule has 0 spiro atoms. The summed E-state index contributed by atoms with van der Waals surface area (Å²) in [6, 6.07) is 18.1. The Hall–Kier alpha value is -3.14. The highest BCUT2D eigenvalue weighted by atomic mass is 16.5. The van der Waals surface area contributed by atoms with Gasteiger partial charge in [-0.05, 0) is 25.0 Å². The average molecular weight is 387 g/mol. The maximum absolute atomic E-state index is 13.4. The number of esters is 1. The molecule has 2 aliphatic rings. The highest BCUT2D eigenvalue weighted by molar-refractivity contribution is 5.96. The Bertz CT molecular complexity index is 1000. The molecule has 29 heavy (non-hydrogen) atoms. The van der Waals surface area contributed by atoms with Crippen LogP contribution in [0.2, 0.25) is 0 Å². The second kappa shape index (κ2) is 7.70. The van der Waals surface area contributed by atoms with Crippen LogP contribution in [-0.2, 0) is 14.3 Å². The summed E-state index contributed by atoms with van der Waals surface area (Å²) in [6.45, 7) is 3.90. The standard InChI is InChI=1S/C25H25NO3/c1-15-9-11-18(12-10-15)23-22(25(28)29-3)16(2)26-20-13-19(14-21(27)24(20)23)17-7-5-4-6-8-17/h4-13,19,23-24,26H,14H2,1-3H3. The number of benzene rings is 2. The summed E-state index contributed by atoms with van der Waals surface area (Å²) >= 11 is 0. The predicted molar refractivity (Wildman–Crippen MR) is 112 cm³/mol. The lowest BCUT2D eigenvalue weighted by atomic mass is 9.68. The van der Waals surface area contributed by atoms with Gasteiger partial charge in [-0.3, -0.25) is 4.79 Å². The van der Waals surface area contributed by atoms with Gasteiger partial charge in [0.2, 0.25) is 0 Å². The Kier molecular flexibility index (Phi) is 5.10. The zero-order valence-corrected chi connectivity index (χ0v) is 16.9. The lowest BCUT2D eigenvalue weighted by molar-refractivity contribution is -0.136. The van der Waals surface area contributed by atoms with Gasteiger partial charge in [0.15, 0.2) is 0 Å². The molecule has 3 unspecified atom stereocenters. The summed E-state index contributed by atoms with van der Waals surface area (Å²) in [5, 5.41) is 3.34. The molecule has 0 amide bonds. The minimum absolute atomic E-state index is 0.0357. The van der Waals surface area contributed by atoms with Gasteiger partial charge in [0.25, 0.3) is 0 Å². The minimum atomic E-state index is -0.407. The van der Waals surface area contributed by atoms with E-state index in [9.17, 15) is 9.59 Å². The number of carbonyl (C=O) groups excluding carboxylic acids is 2. The van der Waals surface area contributed by atoms with Crippen LogP contribution in [0.3, 0.4) is 0 Å². The van der Waals surface area contributed by atoms with E-state index in [1.54, 1.807) is 0 Å². The van der Waals surface area contributed by atoms with Crippen LogP contribution in [0.25, 0.3) is 0 Å². The van der Waals surface area contributed by atoms with E-state index in [-0.39, 0.29) is 17.6 Å². The van der Waals surface area contributed by atoms with Crippen molar-refractivity contribution in [2.45, 2.75) is 32.1 Å². The van der Waals surface area contributed by atoms with Crippen molar-refractivity contribution in [3.8, 4) is 0 Å². The average Bonchev–Trinajstić information content (AvgIpc) is 2.73. The quantitative estimate of drug-likeness (QED) is 0.794. The fraction of sp³-hybridized carbons (Fsp3) is 0.280. The van der Waals surface area contributed by atoms with Crippen molar-refractivity contribution in [3.63, 3.8) is 0 Å². The molecule has 4 heteroatoms. The Morgan fingerprint density at radius 1 is 0.966 bits per heavy atom. The van der Waals surface area contributed by atoms with Gasteiger partial charge in [0.05, 0.1) is 18.6 Å². The molecule has 2 aromatic rings. The number of carbonyl (C=O) groups is 2. The molecule has 4 nitrogen and oxygen atoms in total. The topological polar surface area (TPSA) is 55.4 Å². The number of methoxy groups -OCH3 is 1. The zero-order valence-electron chi connectivity index (χ0n) is 16.9. The van der Waals surface area contributed by atoms with Crippen molar-refractivity contribution in [3.05, 3.63) is 94.3 Å². The van der Waals surface area contributed by atoms with Crippen LogP contribution in [0.15, 0.2) is 77.6 Å². The van der Waals surface area contributed by atoms with Gasteiger partial charge in [0, 0.05) is 29.7 Å². The molecular formula is C25H25NO3. The second-order valence-electron chi connectivity index (χ2n) is 7.83. The summed E-state index contributed by atoms with van der Waals surface area (Å²) in [6.07, 6.45) is 2.58. The largest absolute Gasteiger partial charge is 0.466 e. The highest BCUT2D eigenvalue weighted by Gasteiger charge is 2.44. The molecular weight excluding hydrogens is 362 g/mol. The number of hydrogen-bond donors (Lipinski definition) is 1. The van der Waals surface area contributed by atoms with Crippen LogP contribution in [0, 0.1) is 12.8 Å². The van der Waals surface area contributed by atoms with Crippen LogP contribution in [-0.4, -0.2) is 18.9 Å². The van der Waals surface area contributed by atoms with E-state index in [4.69, 9.17) is 4.74 Å². The van der Waals surface area contributed by atoms with Crippen LogP contribution >= 0.6 is 0 Å². The van der Waals surface area contributed by atoms with Crippen LogP contribution < -0.4 is 5.32 Å². The number of nitrogens with one attached hydrogen (secondary N) is 1. The molecule has 0 aromatic heterocycles. The van der Waals surface area contributed by atoms with E-state index < -0.39 is 11.9 Å². The summed E-state index contributed by atoms with van der Waals surface area (Å²) in [5.74, 6) is -0.968. The Morgan fingerprint density at radius 2 is 1.66 bits per heavy atom. The first-order chi connectivity index (χ1) is 14.0. The Balaban J connectivity index is 1.84. The number of ether oxygens (including phenoxy) is 1. The molecule has 3 atom stereocenters. The maximum atomic E-state index is 13.4. The molecule has 1 aliphatic heterocycles. The van der Waals surface area contributed by atoms with Gasteiger partial charge in [-0.1, -0.05) is 66.2 Å². The first-order valence-electron chi connectivity index (χ1n) is 9.91. The molecule has 2 aromatic carbocycles. The van der Waals surface area contributed by atoms with Crippen molar-refractivity contribution in [2.75, 3.05) is 7.11 Å². The van der Waals surface area contributed by atoms with Crippen molar-refractivity contribution < 1.29 is 14.3 Å². The van der Waals surface area contributed by atoms with Gasteiger partial charge in [-0.2, -0.15) is 0 Å². The molecule has 1 aliphatic carbocycles. The normalized spacial score (nSPS) is 23.8. The monoisotopic (exact) mass is 387 g/mol. The number of rotatable bonds is 3. The van der Waals surface area contributed by atoms with Gasteiger partial charge in [-0.15, -0.1) is 0 Å². The van der Waals surface area contributed by atoms with Crippen molar-refractivity contribution in [1.82, 2.24) is 5.32 Å². The maximum Gasteiger partial charge on any atom is 0.336 e. The van der Waals surface area contributed by atoms with Gasteiger partial charge in [0.1, 0.15) is 5.78 Å². The predicted octanol–water partition coefficient (Wildman–Crippen LogP) is 4.39. The molecule has 148 valence electrons. The number of Topliss-reactive ketones (excluding diaryl/α,β-unsaturated/α-hetero) is 1. The summed E-state index contributed by atoms with van der Waals surface area (Å²) in [5.41, 5.74) is 5.38. The molecule has 0 saturated carbocycles. The molecule has 0 fully saturated rings. The van der Waals surface area contributed by atoms with Crippen LogP contribution in [0.5, 0.6) is 0 Å². The number of aryl methyl sites for hydroxylation is 1. The van der Waals surface area contributed by atoms with Gasteiger partial charge in [-0.25, -0.2) is 4.79 Å². The number of fused-ring (bicyclic) bond motifs is 1. The van der Waals surface area contributed by atoms with Crippen molar-refractivity contribution in [1.29, 1.82) is 0 Å². The zero-order chi connectivity index (χ0) is 20.5. The van der Waals surface area contributed by atoms with E-state index >= 15 is 0 Å². The van der Waals surface area contributed by atoms with Gasteiger partial charge < -0.3 is 10.1 Å². The molecule has 1 heterocycles. The third kappa shape index (κ3) is 3.51. The summed E-state index contributed by atoms with van der Waals surface area (Å²) in [7, 11) is 1.38. The highest BCUT2D eigenvalue weighted by Crippen LogP contribution is 2.46. The number of allylic oxidation sites excluding steroid dienone is 3. The lowest BCUT2D eigenvalue weighted by Gasteiger charge is -2.39. The smallest absolute Gasteiger partial charge is 0.336 e. The van der Waals surface area contributed by atoms with Crippen molar-refractivity contribution >= 4 is 11.8 Å². The first kappa shape index (κ1) is 19.2. The summed E-state index contributed by atoms with van der Waals surface area (Å²) < 4.78 is 5.07. The SMILES string of the molecule is COC(=O)C1=C(C)NC2=CC(c3ccccc3)CC(=O)C2C1c1ccc(C)cc1. The van der Waals surface area contributed by atoms with Crippen molar-refractivity contribution in [2.24, 2.45) is 5.92 Å². The Labute approximate surface area is 171 Å². The van der Waals surface area contributed by atoms with E-state index in [1.807, 2.05) is 56.3 Å². The number of hydrogen-bond acceptors (Lipinski definition) is 4. The van der Waals surface area contributed by atoms with Crippen LogP contribution in [0.4, 0.5) is 0 Å². The van der Waals surface area contributed by atoms with Gasteiger partial charge >= 0.3 is 5.97 Å². The summed E-state index contributed by atoms with van der Waals surface area (Å²) in [4.78, 5) is 26.0. The van der Waals surface area contributed by atoms with E-state index in [0.717, 1.165) is 28.1 Å². The first-order valence-corrected chi connectivity index (χ1v) is 9.91. The fourth-order valence-electron chi connectivity index (χ4n) is 4.50. The van der Waals surface area contributed by atoms with Crippen LogP contribution in [0.1, 0.15) is 41.9 Å². The number of ketones is 1. The fourth-order valence-corrected chi connectivity index (χ4v) is 4.50. The molecule has 0 saturated heterocycles. The minimum Gasteiger partial charge on any atom is -0.466 e. The molecule has 0 radical (unpaired) electrons. The van der Waals surface area contributed by atoms with E-state index in [2.05, 4.69) is 23.5 Å². The third-order valence-electron chi connectivity index (χ3n) is 5.93. The molecule has 0 bridgehead atoms. The molecule has 4 rings (SSSR count). The van der Waals surface area contributed by atoms with E-state index in [1.165, 1.54) is 7.11 Å². The third-order valence-corrected chi connectivity index (χ3v) is 5.93. The lowest BCUT2D eigenvalue weighted by Crippen LogP contribution is -2.41.